The summed E-state index contributed by atoms with van der Waals surface area (Å²) in [5.41, 5.74) is 0.463. The molecule has 0 fully saturated rings. The third-order valence-corrected chi connectivity index (χ3v) is 2.25. The first-order valence-electron chi connectivity index (χ1n) is 4.29. The Bertz CT molecular complexity index is 379. The summed E-state index contributed by atoms with van der Waals surface area (Å²) in [7, 11) is 1.29. The summed E-state index contributed by atoms with van der Waals surface area (Å²) in [4.78, 5) is 10.2. The van der Waals surface area contributed by atoms with E-state index in [1.165, 1.54) is 13.2 Å². The van der Waals surface area contributed by atoms with E-state index in [4.69, 9.17) is 16.3 Å². The zero-order valence-electron chi connectivity index (χ0n) is 8.09. The van der Waals surface area contributed by atoms with Crippen LogP contribution in [-0.4, -0.2) is 18.5 Å². The Hall–Kier alpha value is -1.29. The molecule has 82 valence electrons. The third-order valence-electron chi connectivity index (χ3n) is 1.96. The second-order valence-electron chi connectivity index (χ2n) is 2.92. The maximum Gasteiger partial charge on any atom is 0.208 e. The first-order chi connectivity index (χ1) is 7.11. The summed E-state index contributed by atoms with van der Waals surface area (Å²) in [6.07, 6.45) is 1.29. The average Bonchev–Trinajstić information content (AvgIpc) is 2.23. The largest absolute Gasteiger partial charge is 0.504 e. The first kappa shape index (κ1) is 11.8. The lowest BCUT2D eigenvalue weighted by Crippen LogP contribution is -1.97. The van der Waals surface area contributed by atoms with Crippen LogP contribution in [0.1, 0.15) is 12.0 Å². The molecule has 0 saturated carbocycles. The normalized spacial score (nSPS) is 10.1. The predicted octanol–water partition coefficient (Wildman–Crippen LogP) is 2.32. The molecule has 0 heterocycles. The molecule has 0 aliphatic heterocycles. The van der Waals surface area contributed by atoms with Gasteiger partial charge in [0.15, 0.2) is 11.5 Å². The van der Waals surface area contributed by atoms with Crippen LogP contribution in [0.5, 0.6) is 11.5 Å². The van der Waals surface area contributed by atoms with E-state index >= 15 is 0 Å². The second-order valence-corrected chi connectivity index (χ2v) is 3.33. The molecule has 1 N–H and O–H groups in total. The number of aldehydes is 1. The maximum absolute atomic E-state index is 13.4. The van der Waals surface area contributed by atoms with Crippen LogP contribution in [0.15, 0.2) is 6.07 Å². The summed E-state index contributed by atoms with van der Waals surface area (Å²) in [5, 5.41) is 9.12. The molecule has 0 amide bonds. The molecule has 1 rings (SSSR count). The fourth-order valence-electron chi connectivity index (χ4n) is 1.26. The van der Waals surface area contributed by atoms with E-state index in [0.29, 0.717) is 12.0 Å². The van der Waals surface area contributed by atoms with Gasteiger partial charge in [0.05, 0.1) is 12.1 Å². The number of ether oxygens (including phenoxy) is 1. The standard InChI is InChI=1S/C10H10ClFO3/c1-15-10-6(3-2-4-13)5-7(11)9(14)8(10)12/h4-5,14H,2-3H2,1H3. The summed E-state index contributed by atoms with van der Waals surface area (Å²) in [6, 6.07) is 1.39. The van der Waals surface area contributed by atoms with Crippen molar-refractivity contribution in [3.8, 4) is 11.5 Å². The van der Waals surface area contributed by atoms with Crippen LogP contribution in [0.4, 0.5) is 4.39 Å². The van der Waals surface area contributed by atoms with Crippen molar-refractivity contribution >= 4 is 17.9 Å². The van der Waals surface area contributed by atoms with Gasteiger partial charge in [0.2, 0.25) is 5.82 Å². The Balaban J connectivity index is 3.19. The minimum absolute atomic E-state index is 0.0706. The summed E-state index contributed by atoms with van der Waals surface area (Å²) in [6.45, 7) is 0. The van der Waals surface area contributed by atoms with E-state index in [0.717, 1.165) is 6.29 Å². The Morgan fingerprint density at radius 3 is 2.87 bits per heavy atom. The fourth-order valence-corrected chi connectivity index (χ4v) is 1.48. The molecule has 0 aromatic heterocycles. The number of aryl methyl sites for hydroxylation is 1. The topological polar surface area (TPSA) is 46.5 Å². The third kappa shape index (κ3) is 2.39. The Kier molecular flexibility index (Phi) is 3.91. The van der Waals surface area contributed by atoms with E-state index < -0.39 is 11.6 Å². The van der Waals surface area contributed by atoms with Gasteiger partial charge in [0.1, 0.15) is 6.29 Å². The molecule has 0 aliphatic rings. The van der Waals surface area contributed by atoms with Crippen molar-refractivity contribution in [3.63, 3.8) is 0 Å². The van der Waals surface area contributed by atoms with Crippen molar-refractivity contribution < 1.29 is 19.0 Å². The zero-order chi connectivity index (χ0) is 11.4. The van der Waals surface area contributed by atoms with E-state index in [9.17, 15) is 14.3 Å². The number of halogens is 2. The number of carbonyl (C=O) groups excluding carboxylic acids is 1. The molecule has 5 heteroatoms. The first-order valence-corrected chi connectivity index (χ1v) is 4.67. The average molecular weight is 233 g/mol. The highest BCUT2D eigenvalue weighted by molar-refractivity contribution is 6.32. The summed E-state index contributed by atoms with van der Waals surface area (Å²) in [5.74, 6) is -1.60. The van der Waals surface area contributed by atoms with Crippen molar-refractivity contribution in [1.82, 2.24) is 0 Å². The van der Waals surface area contributed by atoms with Crippen molar-refractivity contribution in [2.45, 2.75) is 12.8 Å². The van der Waals surface area contributed by atoms with Crippen molar-refractivity contribution in [3.05, 3.63) is 22.5 Å². The van der Waals surface area contributed by atoms with E-state index in [2.05, 4.69) is 0 Å². The molecule has 0 aliphatic carbocycles. The number of hydrogen-bond donors (Lipinski definition) is 1. The highest BCUT2D eigenvalue weighted by atomic mass is 35.5. The molecule has 1 aromatic carbocycles. The van der Waals surface area contributed by atoms with Gasteiger partial charge in [-0.3, -0.25) is 0 Å². The van der Waals surface area contributed by atoms with Crippen LogP contribution in [0.3, 0.4) is 0 Å². The van der Waals surface area contributed by atoms with Gasteiger partial charge < -0.3 is 14.6 Å². The zero-order valence-corrected chi connectivity index (χ0v) is 8.84. The number of carbonyl (C=O) groups is 1. The molecule has 3 nitrogen and oxygen atoms in total. The van der Waals surface area contributed by atoms with Crippen molar-refractivity contribution in [1.29, 1.82) is 0 Å². The van der Waals surface area contributed by atoms with Gasteiger partial charge >= 0.3 is 0 Å². The smallest absolute Gasteiger partial charge is 0.208 e. The van der Waals surface area contributed by atoms with Crippen LogP contribution in [0, 0.1) is 5.82 Å². The second kappa shape index (κ2) is 4.98. The van der Waals surface area contributed by atoms with E-state index in [1.807, 2.05) is 0 Å². The van der Waals surface area contributed by atoms with Gasteiger partial charge in [-0.25, -0.2) is 0 Å². The van der Waals surface area contributed by atoms with Crippen LogP contribution in [-0.2, 0) is 11.2 Å². The Morgan fingerprint density at radius 2 is 2.33 bits per heavy atom. The quantitative estimate of drug-likeness (QED) is 0.811. The minimum Gasteiger partial charge on any atom is -0.504 e. The van der Waals surface area contributed by atoms with Gasteiger partial charge in [-0.15, -0.1) is 0 Å². The van der Waals surface area contributed by atoms with Gasteiger partial charge in [-0.2, -0.15) is 4.39 Å². The van der Waals surface area contributed by atoms with Gasteiger partial charge in [0, 0.05) is 6.42 Å². The number of phenolic OH excluding ortho intramolecular Hbond substituents is 1. The molecular formula is C10H10ClFO3. The lowest BCUT2D eigenvalue weighted by molar-refractivity contribution is -0.107. The van der Waals surface area contributed by atoms with Crippen molar-refractivity contribution in [2.24, 2.45) is 0 Å². The SMILES string of the molecule is COc1c(CCC=O)cc(Cl)c(O)c1F. The highest BCUT2D eigenvalue weighted by Gasteiger charge is 2.17. The van der Waals surface area contributed by atoms with Crippen LogP contribution < -0.4 is 4.74 Å². The number of methoxy groups -OCH3 is 1. The lowest BCUT2D eigenvalue weighted by Gasteiger charge is -2.10. The molecule has 0 unspecified atom stereocenters. The van der Waals surface area contributed by atoms with Gasteiger partial charge in [-0.1, -0.05) is 11.6 Å². The van der Waals surface area contributed by atoms with Crippen molar-refractivity contribution in [2.75, 3.05) is 7.11 Å². The molecule has 0 bridgehead atoms. The highest BCUT2D eigenvalue weighted by Crippen LogP contribution is 2.36. The number of benzene rings is 1. The van der Waals surface area contributed by atoms with Gasteiger partial charge in [0.25, 0.3) is 0 Å². The number of rotatable bonds is 4. The number of aromatic hydroxyl groups is 1. The Labute approximate surface area is 91.4 Å². The molecule has 0 atom stereocenters. The summed E-state index contributed by atoms with van der Waals surface area (Å²) >= 11 is 5.59. The lowest BCUT2D eigenvalue weighted by atomic mass is 10.1. The molecular weight excluding hydrogens is 223 g/mol. The molecule has 0 saturated heterocycles. The molecule has 0 spiro atoms. The van der Waals surface area contributed by atoms with Crippen LogP contribution in [0.2, 0.25) is 5.02 Å². The summed E-state index contributed by atoms with van der Waals surface area (Å²) < 4.78 is 18.2. The molecule has 15 heavy (non-hydrogen) atoms. The maximum atomic E-state index is 13.4. The molecule has 1 aromatic rings. The number of phenols is 1. The molecule has 0 radical (unpaired) electrons. The fraction of sp³-hybridized carbons (Fsp3) is 0.300. The predicted molar refractivity (Wildman–Crippen MR) is 54.0 cm³/mol. The van der Waals surface area contributed by atoms with Crippen LogP contribution >= 0.6 is 11.6 Å². The van der Waals surface area contributed by atoms with E-state index in [1.54, 1.807) is 0 Å². The monoisotopic (exact) mass is 232 g/mol. The Morgan fingerprint density at radius 1 is 1.67 bits per heavy atom. The number of hydrogen-bond acceptors (Lipinski definition) is 3. The minimum atomic E-state index is -0.897. The van der Waals surface area contributed by atoms with E-state index in [-0.39, 0.29) is 17.2 Å². The van der Waals surface area contributed by atoms with Crippen LogP contribution in [0.25, 0.3) is 0 Å². The van der Waals surface area contributed by atoms with Gasteiger partial charge in [-0.05, 0) is 18.1 Å².